The van der Waals surface area contributed by atoms with Crippen LogP contribution in [-0.2, 0) is 14.8 Å². The summed E-state index contributed by atoms with van der Waals surface area (Å²) in [7, 11) is -3.22. The van der Waals surface area contributed by atoms with E-state index < -0.39 is 10.0 Å². The van der Waals surface area contributed by atoms with Gasteiger partial charge in [-0.25, -0.2) is 12.7 Å². The van der Waals surface area contributed by atoms with E-state index in [9.17, 15) is 13.2 Å². The van der Waals surface area contributed by atoms with Gasteiger partial charge in [-0.15, -0.1) is 0 Å². The van der Waals surface area contributed by atoms with E-state index >= 15 is 0 Å². The molecular formula is C14H19N5O3S. The van der Waals surface area contributed by atoms with Gasteiger partial charge in [0.1, 0.15) is 11.0 Å². The number of aromatic nitrogens is 3. The molecule has 1 aromatic carbocycles. The zero-order chi connectivity index (χ0) is 16.3. The van der Waals surface area contributed by atoms with Crippen LogP contribution in [0.3, 0.4) is 0 Å². The fourth-order valence-electron chi connectivity index (χ4n) is 2.65. The number of hydrogen-bond acceptors (Lipinski definition) is 5. The molecule has 124 valence electrons. The average Bonchev–Trinajstić information content (AvgIpc) is 3.18. The molecule has 1 saturated heterocycles. The lowest BCUT2D eigenvalue weighted by Gasteiger charge is -2.15. The highest BCUT2D eigenvalue weighted by Crippen LogP contribution is 2.16. The van der Waals surface area contributed by atoms with E-state index in [2.05, 4.69) is 20.7 Å². The molecule has 3 rings (SSSR count). The topological polar surface area (TPSA) is 108 Å². The highest BCUT2D eigenvalue weighted by molar-refractivity contribution is 7.89. The van der Waals surface area contributed by atoms with E-state index in [0.29, 0.717) is 30.7 Å². The van der Waals surface area contributed by atoms with E-state index in [1.165, 1.54) is 4.31 Å². The molecule has 2 heterocycles. The van der Waals surface area contributed by atoms with Gasteiger partial charge in [-0.2, -0.15) is 15.4 Å². The number of rotatable bonds is 6. The first-order chi connectivity index (χ1) is 11.0. The van der Waals surface area contributed by atoms with E-state index in [-0.39, 0.29) is 18.1 Å². The number of amides is 1. The van der Waals surface area contributed by atoms with Gasteiger partial charge >= 0.3 is 0 Å². The maximum absolute atomic E-state index is 12.1. The lowest BCUT2D eigenvalue weighted by atomic mass is 10.2. The van der Waals surface area contributed by atoms with Crippen LogP contribution in [0.2, 0.25) is 0 Å². The summed E-state index contributed by atoms with van der Waals surface area (Å²) in [5.74, 6) is -0.188. The molecule has 0 atom stereocenters. The van der Waals surface area contributed by atoms with E-state index in [0.717, 1.165) is 18.4 Å². The molecule has 0 spiro atoms. The van der Waals surface area contributed by atoms with E-state index in [1.807, 2.05) is 0 Å². The maximum atomic E-state index is 12.1. The van der Waals surface area contributed by atoms with Crippen LogP contribution in [0.15, 0.2) is 18.2 Å². The van der Waals surface area contributed by atoms with Gasteiger partial charge in [0, 0.05) is 25.2 Å². The Morgan fingerprint density at radius 2 is 1.96 bits per heavy atom. The normalized spacial score (nSPS) is 16.0. The van der Waals surface area contributed by atoms with Gasteiger partial charge in [0.15, 0.2) is 0 Å². The number of sulfonamides is 1. The van der Waals surface area contributed by atoms with Crippen LogP contribution in [0.1, 0.15) is 25.7 Å². The van der Waals surface area contributed by atoms with E-state index in [4.69, 9.17) is 0 Å². The second kappa shape index (κ2) is 6.63. The van der Waals surface area contributed by atoms with Crippen molar-refractivity contribution in [3.8, 4) is 0 Å². The Morgan fingerprint density at radius 1 is 1.22 bits per heavy atom. The zero-order valence-corrected chi connectivity index (χ0v) is 13.5. The van der Waals surface area contributed by atoms with Crippen molar-refractivity contribution in [3.05, 3.63) is 18.2 Å². The summed E-state index contributed by atoms with van der Waals surface area (Å²) in [6.07, 6.45) is 2.33. The number of H-pyrrole nitrogens is 1. The standard InChI is InChI=1S/C14H19N5O3S/c20-14(4-3-9-23(21,22)19-7-1-2-8-19)15-11-5-6-12-13(10-11)17-18-16-12/h5-6,10H,1-4,7-9H2,(H,15,20)(H,16,17,18). The van der Waals surface area contributed by atoms with Gasteiger partial charge in [0.25, 0.3) is 0 Å². The lowest BCUT2D eigenvalue weighted by Crippen LogP contribution is -2.30. The van der Waals surface area contributed by atoms with Crippen LogP contribution in [0.4, 0.5) is 5.69 Å². The second-order valence-corrected chi connectivity index (χ2v) is 7.69. The molecule has 8 nitrogen and oxygen atoms in total. The Hall–Kier alpha value is -2.00. The summed E-state index contributed by atoms with van der Waals surface area (Å²) >= 11 is 0. The molecule has 0 unspecified atom stereocenters. The number of benzene rings is 1. The van der Waals surface area contributed by atoms with Crippen molar-refractivity contribution < 1.29 is 13.2 Å². The molecule has 2 N–H and O–H groups in total. The minimum absolute atomic E-state index is 0.0166. The molecule has 1 amide bonds. The van der Waals surface area contributed by atoms with Crippen molar-refractivity contribution in [2.24, 2.45) is 0 Å². The number of nitrogens with one attached hydrogen (secondary N) is 2. The van der Waals surface area contributed by atoms with Crippen molar-refractivity contribution in [3.63, 3.8) is 0 Å². The smallest absolute Gasteiger partial charge is 0.224 e. The van der Waals surface area contributed by atoms with Crippen LogP contribution in [-0.4, -0.2) is 52.9 Å². The third-order valence-corrected chi connectivity index (χ3v) is 5.82. The number of nitrogens with zero attached hydrogens (tertiary/aromatic N) is 3. The van der Waals surface area contributed by atoms with Gasteiger partial charge < -0.3 is 5.32 Å². The Balaban J connectivity index is 1.49. The molecule has 0 bridgehead atoms. The first-order valence-corrected chi connectivity index (χ1v) is 9.24. The third kappa shape index (κ3) is 3.85. The second-order valence-electron chi connectivity index (χ2n) is 5.60. The molecule has 1 aliphatic rings. The molecule has 0 saturated carbocycles. The molecule has 1 aromatic heterocycles. The number of aromatic amines is 1. The molecular weight excluding hydrogens is 318 g/mol. The number of anilines is 1. The average molecular weight is 337 g/mol. The SMILES string of the molecule is O=C(CCCS(=O)(=O)N1CCCC1)Nc1ccc2n[nH]nc2c1. The van der Waals surface area contributed by atoms with Crippen LogP contribution >= 0.6 is 0 Å². The largest absolute Gasteiger partial charge is 0.326 e. The van der Waals surface area contributed by atoms with Crippen LogP contribution < -0.4 is 5.32 Å². The molecule has 9 heteroatoms. The zero-order valence-electron chi connectivity index (χ0n) is 12.7. The molecule has 23 heavy (non-hydrogen) atoms. The third-order valence-electron chi connectivity index (χ3n) is 3.86. The van der Waals surface area contributed by atoms with Gasteiger partial charge in [0.2, 0.25) is 15.9 Å². The minimum Gasteiger partial charge on any atom is -0.326 e. The van der Waals surface area contributed by atoms with Crippen molar-refractivity contribution in [1.82, 2.24) is 19.7 Å². The Bertz CT molecular complexity index is 796. The quantitative estimate of drug-likeness (QED) is 0.820. The van der Waals surface area contributed by atoms with Gasteiger partial charge in [-0.1, -0.05) is 0 Å². The Labute approximate surface area is 134 Å². The first-order valence-electron chi connectivity index (χ1n) is 7.63. The maximum Gasteiger partial charge on any atom is 0.224 e. The van der Waals surface area contributed by atoms with Crippen molar-refractivity contribution in [1.29, 1.82) is 0 Å². The number of carbonyl (C=O) groups is 1. The molecule has 1 aliphatic heterocycles. The van der Waals surface area contributed by atoms with Gasteiger partial charge in [-0.3, -0.25) is 4.79 Å². The van der Waals surface area contributed by atoms with Crippen molar-refractivity contribution >= 4 is 32.7 Å². The fourth-order valence-corrected chi connectivity index (χ4v) is 4.23. The van der Waals surface area contributed by atoms with Gasteiger partial charge in [0.05, 0.1) is 5.75 Å². The molecule has 1 fully saturated rings. The molecule has 2 aromatic rings. The fraction of sp³-hybridized carbons (Fsp3) is 0.500. The lowest BCUT2D eigenvalue weighted by molar-refractivity contribution is -0.116. The molecule has 0 radical (unpaired) electrons. The Kier molecular flexibility index (Phi) is 4.58. The summed E-state index contributed by atoms with van der Waals surface area (Å²) < 4.78 is 25.6. The highest BCUT2D eigenvalue weighted by Gasteiger charge is 2.24. The first kappa shape index (κ1) is 15.9. The van der Waals surface area contributed by atoms with Gasteiger partial charge in [-0.05, 0) is 37.5 Å². The predicted octanol–water partition coefficient (Wildman–Crippen LogP) is 1.10. The van der Waals surface area contributed by atoms with E-state index in [1.54, 1.807) is 18.2 Å². The van der Waals surface area contributed by atoms with Crippen LogP contribution in [0, 0.1) is 0 Å². The van der Waals surface area contributed by atoms with Crippen molar-refractivity contribution in [2.75, 3.05) is 24.2 Å². The summed E-state index contributed by atoms with van der Waals surface area (Å²) in [4.78, 5) is 11.9. The number of carbonyl (C=O) groups excluding carboxylic acids is 1. The monoisotopic (exact) mass is 337 g/mol. The summed E-state index contributed by atoms with van der Waals surface area (Å²) in [5, 5.41) is 13.1. The summed E-state index contributed by atoms with van der Waals surface area (Å²) in [6, 6.07) is 5.22. The minimum atomic E-state index is -3.22. The van der Waals surface area contributed by atoms with Crippen LogP contribution in [0.25, 0.3) is 11.0 Å². The molecule has 0 aliphatic carbocycles. The predicted molar refractivity (Wildman–Crippen MR) is 86.3 cm³/mol. The Morgan fingerprint density at radius 3 is 2.74 bits per heavy atom. The summed E-state index contributed by atoms with van der Waals surface area (Å²) in [6.45, 7) is 1.21. The summed E-state index contributed by atoms with van der Waals surface area (Å²) in [5.41, 5.74) is 2.01. The number of fused-ring (bicyclic) bond motifs is 1. The van der Waals surface area contributed by atoms with Crippen molar-refractivity contribution in [2.45, 2.75) is 25.7 Å². The number of hydrogen-bond donors (Lipinski definition) is 2. The highest BCUT2D eigenvalue weighted by atomic mass is 32.2. The van der Waals surface area contributed by atoms with Crippen LogP contribution in [0.5, 0.6) is 0 Å².